The summed E-state index contributed by atoms with van der Waals surface area (Å²) >= 11 is 6.21. The third kappa shape index (κ3) is 1.85. The zero-order valence-corrected chi connectivity index (χ0v) is 12.2. The summed E-state index contributed by atoms with van der Waals surface area (Å²) in [7, 11) is 0. The van der Waals surface area contributed by atoms with Gasteiger partial charge in [0.15, 0.2) is 0 Å². The lowest BCUT2D eigenvalue weighted by Gasteiger charge is -2.32. The van der Waals surface area contributed by atoms with Gasteiger partial charge in [0.05, 0.1) is 12.1 Å². The first-order valence-electron chi connectivity index (χ1n) is 6.88. The van der Waals surface area contributed by atoms with Gasteiger partial charge in [0, 0.05) is 34.8 Å². The normalized spacial score (nSPS) is 29.3. The molecule has 3 aliphatic heterocycles. The Morgan fingerprint density at radius 2 is 2.18 bits per heavy atom. The van der Waals surface area contributed by atoms with Crippen LogP contribution in [0.25, 0.3) is 0 Å². The van der Waals surface area contributed by atoms with Crippen molar-refractivity contribution in [2.24, 2.45) is 5.73 Å². The van der Waals surface area contributed by atoms with Gasteiger partial charge < -0.3 is 21.1 Å². The summed E-state index contributed by atoms with van der Waals surface area (Å²) in [5.41, 5.74) is 8.07. The number of nitrogens with zero attached hydrogens (tertiary/aromatic N) is 1. The molecule has 3 unspecified atom stereocenters. The van der Waals surface area contributed by atoms with Gasteiger partial charge in [-0.1, -0.05) is 11.6 Å². The Balaban J connectivity index is 1.84. The van der Waals surface area contributed by atoms with Gasteiger partial charge in [0.25, 0.3) is 0 Å². The maximum absolute atomic E-state index is 13.6. The first-order chi connectivity index (χ1) is 10.6. The molecule has 4 rings (SSSR count). The highest BCUT2D eigenvalue weighted by atomic mass is 35.5. The largest absolute Gasteiger partial charge is 0.399 e. The number of hydrogen-bond donors (Lipinski definition) is 4. The van der Waals surface area contributed by atoms with Gasteiger partial charge in [-0.15, -0.1) is 0 Å². The number of aliphatic hydroxyl groups is 1. The van der Waals surface area contributed by atoms with Crippen LogP contribution in [0.2, 0.25) is 5.02 Å². The van der Waals surface area contributed by atoms with Crippen LogP contribution in [-0.2, 0) is 0 Å². The van der Waals surface area contributed by atoms with E-state index in [2.05, 4.69) is 10.6 Å². The number of rotatable bonds is 1. The second kappa shape index (κ2) is 4.74. The van der Waals surface area contributed by atoms with Crippen LogP contribution in [0.15, 0.2) is 53.8 Å². The lowest BCUT2D eigenvalue weighted by molar-refractivity contribution is 0.0998. The van der Waals surface area contributed by atoms with E-state index >= 15 is 0 Å². The molecule has 5 N–H and O–H groups in total. The second-order valence-electron chi connectivity index (χ2n) is 5.46. The fourth-order valence-corrected chi connectivity index (χ4v) is 3.50. The van der Waals surface area contributed by atoms with Gasteiger partial charge in [0.1, 0.15) is 17.9 Å². The molecular formula is C15H14ClFN4O. The van der Waals surface area contributed by atoms with Crippen molar-refractivity contribution in [3.63, 3.8) is 0 Å². The van der Waals surface area contributed by atoms with Gasteiger partial charge >= 0.3 is 0 Å². The molecule has 0 aromatic heterocycles. The van der Waals surface area contributed by atoms with E-state index in [9.17, 15) is 9.50 Å². The van der Waals surface area contributed by atoms with Crippen LogP contribution in [0, 0.1) is 5.82 Å². The smallest absolute Gasteiger partial charge is 0.130 e. The van der Waals surface area contributed by atoms with Crippen molar-refractivity contribution >= 4 is 11.6 Å². The fraction of sp³-hybridized carbons (Fsp3) is 0.200. The average Bonchev–Trinajstić information content (AvgIpc) is 3.06. The minimum absolute atomic E-state index is 0.351. The maximum Gasteiger partial charge on any atom is 0.130 e. The first-order valence-corrected chi connectivity index (χ1v) is 7.26. The van der Waals surface area contributed by atoms with E-state index in [1.807, 2.05) is 11.1 Å². The van der Waals surface area contributed by atoms with Crippen LogP contribution in [-0.4, -0.2) is 22.3 Å². The summed E-state index contributed by atoms with van der Waals surface area (Å²) in [6, 6.07) is 3.39. The summed E-state index contributed by atoms with van der Waals surface area (Å²) in [5, 5.41) is 17.0. The second-order valence-corrected chi connectivity index (χ2v) is 5.87. The molecule has 7 heteroatoms. The van der Waals surface area contributed by atoms with Gasteiger partial charge in [-0.25, -0.2) is 4.39 Å². The van der Waals surface area contributed by atoms with E-state index in [0.717, 1.165) is 11.4 Å². The van der Waals surface area contributed by atoms with E-state index in [-0.39, 0.29) is 11.9 Å². The molecule has 3 aliphatic rings. The summed E-state index contributed by atoms with van der Waals surface area (Å²) in [6.45, 7) is 0. The van der Waals surface area contributed by atoms with Gasteiger partial charge in [-0.3, -0.25) is 5.32 Å². The Morgan fingerprint density at radius 1 is 1.36 bits per heavy atom. The van der Waals surface area contributed by atoms with E-state index < -0.39 is 12.3 Å². The van der Waals surface area contributed by atoms with Crippen LogP contribution < -0.4 is 16.4 Å². The van der Waals surface area contributed by atoms with Crippen LogP contribution in [0.3, 0.4) is 0 Å². The molecule has 0 spiro atoms. The number of fused-ring (bicyclic) bond motifs is 3. The number of allylic oxidation sites excluding steroid dienone is 1. The molecule has 1 aromatic rings. The number of aliphatic hydroxyl groups excluding tert-OH is 1. The summed E-state index contributed by atoms with van der Waals surface area (Å²) in [6.07, 6.45) is 4.57. The van der Waals surface area contributed by atoms with Crippen molar-refractivity contribution in [1.29, 1.82) is 0 Å². The number of hydrogen-bond acceptors (Lipinski definition) is 5. The van der Waals surface area contributed by atoms with Gasteiger partial charge in [0.2, 0.25) is 0 Å². The molecule has 0 amide bonds. The molecule has 1 fully saturated rings. The zero-order chi connectivity index (χ0) is 15.4. The average molecular weight is 321 g/mol. The van der Waals surface area contributed by atoms with Crippen LogP contribution in [0.4, 0.5) is 4.39 Å². The van der Waals surface area contributed by atoms with Crippen molar-refractivity contribution in [3.8, 4) is 0 Å². The predicted octanol–water partition coefficient (Wildman–Crippen LogP) is 1.25. The predicted molar refractivity (Wildman–Crippen MR) is 80.5 cm³/mol. The summed E-state index contributed by atoms with van der Waals surface area (Å²) in [4.78, 5) is 1.90. The van der Waals surface area contributed by atoms with Crippen LogP contribution in [0.5, 0.6) is 0 Å². The molecule has 1 aromatic carbocycles. The minimum Gasteiger partial charge on any atom is -0.399 e. The Morgan fingerprint density at radius 3 is 3.00 bits per heavy atom. The monoisotopic (exact) mass is 320 g/mol. The molecule has 0 saturated carbocycles. The Bertz CT molecular complexity index is 745. The Hall–Kier alpha value is -2.02. The van der Waals surface area contributed by atoms with Crippen molar-refractivity contribution in [3.05, 3.63) is 70.2 Å². The molecule has 3 atom stereocenters. The van der Waals surface area contributed by atoms with E-state index in [0.29, 0.717) is 16.3 Å². The molecule has 3 heterocycles. The highest BCUT2D eigenvalue weighted by Gasteiger charge is 2.46. The highest BCUT2D eigenvalue weighted by molar-refractivity contribution is 6.31. The van der Waals surface area contributed by atoms with Crippen molar-refractivity contribution in [1.82, 2.24) is 15.5 Å². The standard InChI is InChI=1S/C15H14ClFN4O/c16-9-2-1-7(17)5-8(9)13-12-10(18)6-11-19-3-4-21(11)14(12)15(22)20-13/h1-6,13-15,19-20,22H,18H2. The van der Waals surface area contributed by atoms with Crippen LogP contribution in [0.1, 0.15) is 11.6 Å². The minimum atomic E-state index is -0.842. The number of nitrogens with two attached hydrogens (primary N) is 1. The molecule has 1 saturated heterocycles. The van der Waals surface area contributed by atoms with E-state index in [4.69, 9.17) is 17.3 Å². The lowest BCUT2D eigenvalue weighted by atomic mass is 9.92. The number of benzene rings is 1. The molecule has 0 aliphatic carbocycles. The Kier molecular flexibility index (Phi) is 2.94. The third-order valence-corrected chi connectivity index (χ3v) is 4.55. The van der Waals surface area contributed by atoms with E-state index in [1.165, 1.54) is 18.2 Å². The zero-order valence-electron chi connectivity index (χ0n) is 11.4. The molecule has 5 nitrogen and oxygen atoms in total. The molecule has 0 bridgehead atoms. The van der Waals surface area contributed by atoms with E-state index in [1.54, 1.807) is 12.3 Å². The van der Waals surface area contributed by atoms with Gasteiger partial charge in [-0.2, -0.15) is 0 Å². The molecule has 0 radical (unpaired) electrons. The maximum atomic E-state index is 13.6. The first kappa shape index (κ1) is 13.6. The quantitative estimate of drug-likeness (QED) is 0.627. The molecule has 22 heavy (non-hydrogen) atoms. The number of nitrogens with one attached hydrogen (secondary N) is 2. The van der Waals surface area contributed by atoms with Crippen molar-refractivity contribution < 1.29 is 9.50 Å². The fourth-order valence-electron chi connectivity index (χ4n) is 3.27. The topological polar surface area (TPSA) is 73.5 Å². The summed E-state index contributed by atoms with van der Waals surface area (Å²) in [5.74, 6) is 0.422. The van der Waals surface area contributed by atoms with Crippen molar-refractivity contribution in [2.75, 3.05) is 0 Å². The Labute approximate surface area is 131 Å². The lowest BCUT2D eigenvalue weighted by Crippen LogP contribution is -2.43. The molecule has 114 valence electrons. The van der Waals surface area contributed by atoms with Crippen LogP contribution >= 0.6 is 11.6 Å². The highest BCUT2D eigenvalue weighted by Crippen LogP contribution is 2.42. The van der Waals surface area contributed by atoms with Crippen molar-refractivity contribution in [2.45, 2.75) is 18.3 Å². The summed E-state index contributed by atoms with van der Waals surface area (Å²) < 4.78 is 13.6. The SMILES string of the molecule is NC1=C2C(c3cc(F)ccc3Cl)NC(O)C2N2C=CNC2=C1. The number of halogens is 2. The third-order valence-electron chi connectivity index (χ3n) is 4.20. The molecular weight excluding hydrogens is 307 g/mol. The van der Waals surface area contributed by atoms with Gasteiger partial charge in [-0.05, 0) is 23.8 Å².